The lowest BCUT2D eigenvalue weighted by Gasteiger charge is -2.12. The van der Waals surface area contributed by atoms with Gasteiger partial charge in [0.05, 0.1) is 15.1 Å². The van der Waals surface area contributed by atoms with Crippen LogP contribution in [0.4, 0.5) is 5.13 Å². The summed E-state index contributed by atoms with van der Waals surface area (Å²) in [4.78, 5) is 29.2. The highest BCUT2D eigenvalue weighted by Gasteiger charge is 2.18. The maximum absolute atomic E-state index is 12.2. The number of hydrogen-bond acceptors (Lipinski definition) is 5. The molecule has 0 bridgehead atoms. The number of thiophene rings is 1. The van der Waals surface area contributed by atoms with Gasteiger partial charge in [-0.2, -0.15) is 0 Å². The van der Waals surface area contributed by atoms with Gasteiger partial charge in [-0.05, 0) is 36.9 Å². The number of benzene rings is 1. The molecule has 0 saturated carbocycles. The second-order valence-electron chi connectivity index (χ2n) is 5.10. The number of thiazole rings is 1. The average molecular weight is 345 g/mol. The number of nitrogens with zero attached hydrogens (tertiary/aromatic N) is 1. The van der Waals surface area contributed by atoms with E-state index in [9.17, 15) is 9.59 Å². The Morgan fingerprint density at radius 3 is 2.74 bits per heavy atom. The fourth-order valence-corrected chi connectivity index (χ4v) is 3.67. The van der Waals surface area contributed by atoms with Gasteiger partial charge < -0.3 is 10.6 Å². The first-order chi connectivity index (χ1) is 11.0. The first kappa shape index (κ1) is 15.6. The summed E-state index contributed by atoms with van der Waals surface area (Å²) >= 11 is 2.76. The van der Waals surface area contributed by atoms with Crippen molar-refractivity contribution in [2.45, 2.75) is 19.9 Å². The molecule has 1 unspecified atom stereocenters. The topological polar surface area (TPSA) is 71.1 Å². The zero-order chi connectivity index (χ0) is 16.4. The van der Waals surface area contributed by atoms with Crippen LogP contribution in [-0.2, 0) is 4.79 Å². The molecule has 7 heteroatoms. The van der Waals surface area contributed by atoms with Crippen molar-refractivity contribution in [2.24, 2.45) is 0 Å². The van der Waals surface area contributed by atoms with Gasteiger partial charge in [-0.25, -0.2) is 4.98 Å². The van der Waals surface area contributed by atoms with E-state index in [4.69, 9.17) is 0 Å². The standard InChI is InChI=1S/C16H15N3O2S2/c1-9-5-3-6-11-13(9)18-16(23-11)19-14(20)10(2)17-15(21)12-7-4-8-22-12/h3-8,10H,1-2H3,(H,17,21)(H,18,19,20). The van der Waals surface area contributed by atoms with Crippen LogP contribution in [-0.4, -0.2) is 22.8 Å². The Balaban J connectivity index is 1.67. The van der Waals surface area contributed by atoms with Crippen molar-refractivity contribution < 1.29 is 9.59 Å². The van der Waals surface area contributed by atoms with Crippen molar-refractivity contribution in [2.75, 3.05) is 5.32 Å². The van der Waals surface area contributed by atoms with Gasteiger partial charge in [0.15, 0.2) is 5.13 Å². The molecule has 0 saturated heterocycles. The molecule has 0 fully saturated rings. The number of fused-ring (bicyclic) bond motifs is 1. The summed E-state index contributed by atoms with van der Waals surface area (Å²) in [7, 11) is 0. The Morgan fingerprint density at radius 2 is 2.04 bits per heavy atom. The molecule has 1 atom stereocenters. The summed E-state index contributed by atoms with van der Waals surface area (Å²) in [5, 5.41) is 7.81. The molecule has 0 radical (unpaired) electrons. The summed E-state index contributed by atoms with van der Waals surface area (Å²) < 4.78 is 1.02. The largest absolute Gasteiger partial charge is 0.340 e. The molecule has 2 aromatic heterocycles. The molecule has 118 valence electrons. The number of rotatable bonds is 4. The fourth-order valence-electron chi connectivity index (χ4n) is 2.09. The van der Waals surface area contributed by atoms with Crippen LogP contribution < -0.4 is 10.6 Å². The van der Waals surface area contributed by atoms with Crippen LogP contribution in [0.3, 0.4) is 0 Å². The quantitative estimate of drug-likeness (QED) is 0.761. The zero-order valence-corrected chi connectivity index (χ0v) is 14.3. The molecule has 5 nitrogen and oxygen atoms in total. The third-order valence-corrected chi connectivity index (χ3v) is 5.14. The molecular weight excluding hydrogens is 330 g/mol. The van der Waals surface area contributed by atoms with E-state index in [1.54, 1.807) is 19.1 Å². The van der Waals surface area contributed by atoms with E-state index in [-0.39, 0.29) is 11.8 Å². The molecule has 1 aromatic carbocycles. The van der Waals surface area contributed by atoms with Crippen LogP contribution in [0.1, 0.15) is 22.2 Å². The third-order valence-electron chi connectivity index (χ3n) is 3.34. The Hall–Kier alpha value is -2.25. The summed E-state index contributed by atoms with van der Waals surface area (Å²) in [6.07, 6.45) is 0. The van der Waals surface area contributed by atoms with Crippen LogP contribution >= 0.6 is 22.7 Å². The smallest absolute Gasteiger partial charge is 0.261 e. The Morgan fingerprint density at radius 1 is 1.22 bits per heavy atom. The van der Waals surface area contributed by atoms with Crippen LogP contribution in [0, 0.1) is 6.92 Å². The van der Waals surface area contributed by atoms with Crippen molar-refractivity contribution in [1.29, 1.82) is 0 Å². The number of aromatic nitrogens is 1. The van der Waals surface area contributed by atoms with Gasteiger partial charge in [-0.15, -0.1) is 11.3 Å². The van der Waals surface area contributed by atoms with Gasteiger partial charge in [0, 0.05) is 0 Å². The van der Waals surface area contributed by atoms with Crippen molar-refractivity contribution in [3.63, 3.8) is 0 Å². The number of carbonyl (C=O) groups excluding carboxylic acids is 2. The molecule has 2 amide bonds. The number of hydrogen-bond donors (Lipinski definition) is 2. The van der Waals surface area contributed by atoms with Crippen molar-refractivity contribution >= 4 is 49.8 Å². The first-order valence-corrected chi connectivity index (χ1v) is 8.75. The predicted molar refractivity (Wildman–Crippen MR) is 94.2 cm³/mol. The second-order valence-corrected chi connectivity index (χ2v) is 7.08. The van der Waals surface area contributed by atoms with Crippen molar-refractivity contribution in [1.82, 2.24) is 10.3 Å². The van der Waals surface area contributed by atoms with Gasteiger partial charge >= 0.3 is 0 Å². The maximum Gasteiger partial charge on any atom is 0.261 e. The van der Waals surface area contributed by atoms with Gasteiger partial charge in [0.25, 0.3) is 5.91 Å². The van der Waals surface area contributed by atoms with Crippen LogP contribution in [0.2, 0.25) is 0 Å². The Bertz CT molecular complexity index is 855. The molecule has 0 aliphatic rings. The molecule has 0 spiro atoms. The summed E-state index contributed by atoms with van der Waals surface area (Å²) in [6, 6.07) is 8.80. The number of nitrogens with one attached hydrogen (secondary N) is 2. The monoisotopic (exact) mass is 345 g/mol. The molecular formula is C16H15N3O2S2. The first-order valence-electron chi connectivity index (χ1n) is 7.06. The van der Waals surface area contributed by atoms with Crippen molar-refractivity contribution in [3.05, 3.63) is 46.2 Å². The van der Waals surface area contributed by atoms with E-state index < -0.39 is 6.04 Å². The lowest BCUT2D eigenvalue weighted by atomic mass is 10.2. The highest BCUT2D eigenvalue weighted by atomic mass is 32.1. The summed E-state index contributed by atoms with van der Waals surface area (Å²) in [5.41, 5.74) is 1.96. The lowest BCUT2D eigenvalue weighted by molar-refractivity contribution is -0.117. The van der Waals surface area contributed by atoms with Gasteiger partial charge in [0.2, 0.25) is 5.91 Å². The molecule has 0 aliphatic heterocycles. The molecule has 2 heterocycles. The van der Waals surface area contributed by atoms with E-state index in [2.05, 4.69) is 15.6 Å². The average Bonchev–Trinajstić information content (AvgIpc) is 3.16. The maximum atomic E-state index is 12.2. The highest BCUT2D eigenvalue weighted by Crippen LogP contribution is 2.27. The van der Waals surface area contributed by atoms with Crippen molar-refractivity contribution in [3.8, 4) is 0 Å². The van der Waals surface area contributed by atoms with Crippen LogP contribution in [0.25, 0.3) is 10.2 Å². The highest BCUT2D eigenvalue weighted by molar-refractivity contribution is 7.22. The van der Waals surface area contributed by atoms with Gasteiger partial charge in [0.1, 0.15) is 6.04 Å². The Kier molecular flexibility index (Phi) is 4.40. The van der Waals surface area contributed by atoms with Crippen LogP contribution in [0.5, 0.6) is 0 Å². The second kappa shape index (κ2) is 6.47. The molecule has 0 aliphatic carbocycles. The minimum atomic E-state index is -0.641. The SMILES string of the molecule is Cc1cccc2sc(NC(=O)C(C)NC(=O)c3cccs3)nc12. The third kappa shape index (κ3) is 3.40. The van der Waals surface area contributed by atoms with Gasteiger partial charge in [-0.3, -0.25) is 9.59 Å². The predicted octanol–water partition coefficient (Wildman–Crippen LogP) is 3.42. The van der Waals surface area contributed by atoms with E-state index in [1.807, 2.05) is 30.5 Å². The van der Waals surface area contributed by atoms with Gasteiger partial charge in [-0.1, -0.05) is 29.5 Å². The minimum Gasteiger partial charge on any atom is -0.340 e. The van der Waals surface area contributed by atoms with Crippen LogP contribution in [0.15, 0.2) is 35.7 Å². The molecule has 3 rings (SSSR count). The Labute approximate surface area is 141 Å². The molecule has 3 aromatic rings. The van der Waals surface area contributed by atoms with E-state index in [0.717, 1.165) is 15.8 Å². The summed E-state index contributed by atoms with van der Waals surface area (Å²) in [5.74, 6) is -0.533. The van der Waals surface area contributed by atoms with E-state index >= 15 is 0 Å². The minimum absolute atomic E-state index is 0.247. The number of anilines is 1. The fraction of sp³-hybridized carbons (Fsp3) is 0.188. The number of carbonyl (C=O) groups is 2. The normalized spacial score (nSPS) is 12.1. The van der Waals surface area contributed by atoms with E-state index in [0.29, 0.717) is 10.0 Å². The van der Waals surface area contributed by atoms with E-state index in [1.165, 1.54) is 22.7 Å². The zero-order valence-electron chi connectivity index (χ0n) is 12.6. The summed E-state index contributed by atoms with van der Waals surface area (Å²) in [6.45, 7) is 3.64. The molecule has 2 N–H and O–H groups in total. The molecule has 23 heavy (non-hydrogen) atoms. The number of amides is 2. The lowest BCUT2D eigenvalue weighted by Crippen LogP contribution is -2.41. The number of para-hydroxylation sites is 1. The number of aryl methyl sites for hydroxylation is 1.